The summed E-state index contributed by atoms with van der Waals surface area (Å²) < 4.78 is 0. The van der Waals surface area contributed by atoms with Crippen molar-refractivity contribution in [1.82, 2.24) is 10.4 Å². The number of hydrazine groups is 1. The molecule has 1 aliphatic carbocycles. The molecule has 0 saturated heterocycles. The highest BCUT2D eigenvalue weighted by atomic mass is 16.2. The Morgan fingerprint density at radius 1 is 1.00 bits per heavy atom. The van der Waals surface area contributed by atoms with Gasteiger partial charge >= 0.3 is 0 Å². The third-order valence-corrected chi connectivity index (χ3v) is 4.54. The zero-order valence-corrected chi connectivity index (χ0v) is 15.6. The largest absolute Gasteiger partial charge is 0.273 e. The molecule has 0 heterocycles. The summed E-state index contributed by atoms with van der Waals surface area (Å²) in [6, 6.07) is 5.79. The van der Waals surface area contributed by atoms with Gasteiger partial charge in [-0.15, -0.1) is 0 Å². The van der Waals surface area contributed by atoms with Gasteiger partial charge in [-0.05, 0) is 59.6 Å². The molecule has 0 bridgehead atoms. The number of aryl methyl sites for hydroxylation is 2. The van der Waals surface area contributed by atoms with E-state index in [1.54, 1.807) is 0 Å². The second kappa shape index (κ2) is 7.37. The molecule has 2 amide bonds. The number of carbonyl (C=O) groups is 2. The van der Waals surface area contributed by atoms with E-state index in [1.807, 2.05) is 52.8 Å². The van der Waals surface area contributed by atoms with Gasteiger partial charge in [0.05, 0.1) is 5.54 Å². The fourth-order valence-corrected chi connectivity index (χ4v) is 3.32. The number of nitrogens with one attached hydrogen (secondary N) is 1. The summed E-state index contributed by atoms with van der Waals surface area (Å²) in [7, 11) is 0. The molecule has 1 N–H and O–H groups in total. The van der Waals surface area contributed by atoms with E-state index in [0.717, 1.165) is 36.8 Å². The first-order valence-electron chi connectivity index (χ1n) is 8.92. The zero-order chi connectivity index (χ0) is 17.9. The molecule has 0 aliphatic heterocycles. The van der Waals surface area contributed by atoms with Crippen molar-refractivity contribution in [2.24, 2.45) is 5.92 Å². The van der Waals surface area contributed by atoms with Crippen LogP contribution in [0, 0.1) is 19.8 Å². The van der Waals surface area contributed by atoms with Crippen LogP contribution in [0.5, 0.6) is 0 Å². The maximum atomic E-state index is 13.0. The number of rotatable bonds is 2. The van der Waals surface area contributed by atoms with Crippen LogP contribution in [0.3, 0.4) is 0 Å². The van der Waals surface area contributed by atoms with Crippen LogP contribution < -0.4 is 5.43 Å². The monoisotopic (exact) mass is 330 g/mol. The Morgan fingerprint density at radius 3 is 2.04 bits per heavy atom. The summed E-state index contributed by atoms with van der Waals surface area (Å²) in [6.07, 6.45) is 5.23. The highest BCUT2D eigenvalue weighted by Gasteiger charge is 2.32. The molecule has 1 aromatic rings. The van der Waals surface area contributed by atoms with Crippen molar-refractivity contribution in [2.75, 3.05) is 0 Å². The molecule has 4 heteroatoms. The Morgan fingerprint density at radius 2 is 1.54 bits per heavy atom. The predicted octanol–water partition coefficient (Wildman–Crippen LogP) is 4.16. The van der Waals surface area contributed by atoms with Crippen LogP contribution in [0.25, 0.3) is 0 Å². The van der Waals surface area contributed by atoms with E-state index < -0.39 is 5.54 Å². The average molecular weight is 330 g/mol. The van der Waals surface area contributed by atoms with Gasteiger partial charge in [0.25, 0.3) is 5.91 Å². The molecule has 0 radical (unpaired) electrons. The van der Waals surface area contributed by atoms with Crippen molar-refractivity contribution in [3.8, 4) is 0 Å². The summed E-state index contributed by atoms with van der Waals surface area (Å²) in [5.41, 5.74) is 5.13. The number of benzene rings is 1. The Bertz CT molecular complexity index is 590. The first-order chi connectivity index (χ1) is 11.2. The fourth-order valence-electron chi connectivity index (χ4n) is 3.32. The third kappa shape index (κ3) is 4.59. The van der Waals surface area contributed by atoms with Crippen LogP contribution in [0.4, 0.5) is 0 Å². The Balaban J connectivity index is 2.21. The predicted molar refractivity (Wildman–Crippen MR) is 96.6 cm³/mol. The lowest BCUT2D eigenvalue weighted by atomic mass is 9.89. The Labute approximate surface area is 145 Å². The normalized spacial score (nSPS) is 15.9. The van der Waals surface area contributed by atoms with Gasteiger partial charge in [-0.2, -0.15) is 0 Å². The molecule has 4 nitrogen and oxygen atoms in total. The minimum atomic E-state index is -0.487. The Kier molecular flexibility index (Phi) is 5.68. The lowest BCUT2D eigenvalue weighted by Gasteiger charge is -2.37. The summed E-state index contributed by atoms with van der Waals surface area (Å²) in [5, 5.41) is 1.50. The highest BCUT2D eigenvalue weighted by molar-refractivity contribution is 5.96. The van der Waals surface area contributed by atoms with Gasteiger partial charge in [0, 0.05) is 11.5 Å². The molecule has 0 aromatic heterocycles. The standard InChI is InChI=1S/C20H30N2O2/c1-14-11-15(2)13-17(12-14)19(24)22(20(3,4)5)21-18(23)16-9-7-6-8-10-16/h11-13,16H,6-10H2,1-5H3,(H,21,23). The molecule has 0 atom stereocenters. The molecule has 2 rings (SSSR count). The topological polar surface area (TPSA) is 49.4 Å². The van der Waals surface area contributed by atoms with Crippen LogP contribution in [0.15, 0.2) is 18.2 Å². The summed E-state index contributed by atoms with van der Waals surface area (Å²) in [4.78, 5) is 25.6. The number of amides is 2. The van der Waals surface area contributed by atoms with E-state index in [4.69, 9.17) is 0 Å². The highest BCUT2D eigenvalue weighted by Crippen LogP contribution is 2.25. The van der Waals surface area contributed by atoms with Crippen LogP contribution in [-0.4, -0.2) is 22.4 Å². The summed E-state index contributed by atoms with van der Waals surface area (Å²) >= 11 is 0. The van der Waals surface area contributed by atoms with Gasteiger partial charge in [0.2, 0.25) is 5.91 Å². The molecule has 0 spiro atoms. The first-order valence-corrected chi connectivity index (χ1v) is 8.92. The van der Waals surface area contributed by atoms with E-state index in [0.29, 0.717) is 5.56 Å². The van der Waals surface area contributed by atoms with Gasteiger partial charge in [0.1, 0.15) is 0 Å². The number of hydrogen-bond donors (Lipinski definition) is 1. The molecule has 132 valence electrons. The second-order valence-electron chi connectivity index (χ2n) is 8.00. The zero-order valence-electron chi connectivity index (χ0n) is 15.6. The maximum Gasteiger partial charge on any atom is 0.272 e. The van der Waals surface area contributed by atoms with Crippen molar-refractivity contribution >= 4 is 11.8 Å². The van der Waals surface area contributed by atoms with Gasteiger partial charge in [-0.25, -0.2) is 5.01 Å². The number of hydrogen-bond acceptors (Lipinski definition) is 2. The molecule has 0 unspecified atom stereocenters. The average Bonchev–Trinajstić information content (AvgIpc) is 2.50. The Hall–Kier alpha value is -1.84. The van der Waals surface area contributed by atoms with Crippen molar-refractivity contribution in [3.05, 3.63) is 34.9 Å². The number of carbonyl (C=O) groups excluding carboxylic acids is 2. The quantitative estimate of drug-likeness (QED) is 0.828. The molecule has 1 saturated carbocycles. The van der Waals surface area contributed by atoms with Crippen LogP contribution in [-0.2, 0) is 4.79 Å². The summed E-state index contributed by atoms with van der Waals surface area (Å²) in [6.45, 7) is 9.77. The number of nitrogens with zero attached hydrogens (tertiary/aromatic N) is 1. The fraction of sp³-hybridized carbons (Fsp3) is 0.600. The minimum Gasteiger partial charge on any atom is -0.273 e. The van der Waals surface area contributed by atoms with Gasteiger partial charge in [-0.1, -0.05) is 36.5 Å². The van der Waals surface area contributed by atoms with Crippen LogP contribution >= 0.6 is 0 Å². The van der Waals surface area contributed by atoms with Crippen molar-refractivity contribution in [3.63, 3.8) is 0 Å². The van der Waals surface area contributed by atoms with E-state index in [-0.39, 0.29) is 17.7 Å². The van der Waals surface area contributed by atoms with Crippen LogP contribution in [0.2, 0.25) is 0 Å². The smallest absolute Gasteiger partial charge is 0.272 e. The summed E-state index contributed by atoms with van der Waals surface area (Å²) in [5.74, 6) is -0.156. The van der Waals surface area contributed by atoms with Crippen molar-refractivity contribution < 1.29 is 9.59 Å². The minimum absolute atomic E-state index is 0.0237. The maximum absolute atomic E-state index is 13.0. The molecule has 1 fully saturated rings. The van der Waals surface area contributed by atoms with Gasteiger partial charge < -0.3 is 0 Å². The van der Waals surface area contributed by atoms with E-state index in [1.165, 1.54) is 11.4 Å². The molecule has 24 heavy (non-hydrogen) atoms. The van der Waals surface area contributed by atoms with E-state index in [9.17, 15) is 9.59 Å². The van der Waals surface area contributed by atoms with Gasteiger partial charge in [-0.3, -0.25) is 15.0 Å². The molecular weight excluding hydrogens is 300 g/mol. The van der Waals surface area contributed by atoms with Gasteiger partial charge in [0.15, 0.2) is 0 Å². The SMILES string of the molecule is Cc1cc(C)cc(C(=O)N(NC(=O)C2CCCCC2)C(C)(C)C)c1. The molecular formula is C20H30N2O2. The second-order valence-corrected chi connectivity index (χ2v) is 8.00. The third-order valence-electron chi connectivity index (χ3n) is 4.54. The van der Waals surface area contributed by atoms with Crippen LogP contribution in [0.1, 0.15) is 74.4 Å². The van der Waals surface area contributed by atoms with Crippen molar-refractivity contribution in [2.45, 2.75) is 72.3 Å². The van der Waals surface area contributed by atoms with E-state index in [2.05, 4.69) is 5.43 Å². The molecule has 1 aliphatic rings. The van der Waals surface area contributed by atoms with E-state index >= 15 is 0 Å². The lowest BCUT2D eigenvalue weighted by Crippen LogP contribution is -2.57. The lowest BCUT2D eigenvalue weighted by molar-refractivity contribution is -0.131. The first kappa shape index (κ1) is 18.5. The molecule has 1 aromatic carbocycles. The van der Waals surface area contributed by atoms with Crippen molar-refractivity contribution in [1.29, 1.82) is 0 Å².